The molecule has 1 fully saturated rings. The van der Waals surface area contributed by atoms with Crippen molar-refractivity contribution in [2.75, 3.05) is 26.9 Å². The number of hydrogen-bond donors (Lipinski definition) is 0. The number of methoxy groups -OCH3 is 1. The molecule has 7 nitrogen and oxygen atoms in total. The summed E-state index contributed by atoms with van der Waals surface area (Å²) in [6, 6.07) is 4.57. The smallest absolute Gasteiger partial charge is 0.247 e. The van der Waals surface area contributed by atoms with Crippen LogP contribution in [0.3, 0.4) is 0 Å². The van der Waals surface area contributed by atoms with Crippen LogP contribution in [0.15, 0.2) is 27.5 Å². The predicted molar refractivity (Wildman–Crippen MR) is 94.0 cm³/mol. The third-order valence-electron chi connectivity index (χ3n) is 4.73. The summed E-state index contributed by atoms with van der Waals surface area (Å²) < 4.78 is 44.0. The van der Waals surface area contributed by atoms with E-state index in [1.807, 2.05) is 0 Å². The first-order chi connectivity index (χ1) is 12.5. The maximum absolute atomic E-state index is 13.1. The molecule has 26 heavy (non-hydrogen) atoms. The summed E-state index contributed by atoms with van der Waals surface area (Å²) in [5.74, 6) is 1.83. The van der Waals surface area contributed by atoms with Crippen molar-refractivity contribution in [1.29, 1.82) is 0 Å². The van der Waals surface area contributed by atoms with Crippen molar-refractivity contribution in [2.45, 2.75) is 30.2 Å². The topological polar surface area (TPSA) is 81.9 Å². The van der Waals surface area contributed by atoms with Gasteiger partial charge >= 0.3 is 0 Å². The normalized spacial score (nSPS) is 20.9. The van der Waals surface area contributed by atoms with E-state index in [9.17, 15) is 8.42 Å². The summed E-state index contributed by atoms with van der Waals surface area (Å²) in [5.41, 5.74) is 0.669. The molecule has 0 spiro atoms. The lowest BCUT2D eigenvalue weighted by molar-refractivity contribution is 0.190. The van der Waals surface area contributed by atoms with E-state index in [1.54, 1.807) is 12.1 Å². The number of hydrogen-bond acceptors (Lipinski definition) is 6. The molecule has 0 aliphatic carbocycles. The van der Waals surface area contributed by atoms with E-state index >= 15 is 0 Å². The van der Waals surface area contributed by atoms with Crippen LogP contribution in [-0.4, -0.2) is 44.6 Å². The summed E-state index contributed by atoms with van der Waals surface area (Å²) in [7, 11) is -2.33. The Morgan fingerprint density at radius 2 is 2.23 bits per heavy atom. The fourth-order valence-corrected chi connectivity index (χ4v) is 5.12. The molecule has 0 N–H and O–H groups in total. The third-order valence-corrected chi connectivity index (χ3v) is 6.83. The zero-order valence-electron chi connectivity index (χ0n) is 14.3. The van der Waals surface area contributed by atoms with Gasteiger partial charge in [0.25, 0.3) is 0 Å². The number of ether oxygens (including phenoxy) is 2. The van der Waals surface area contributed by atoms with E-state index in [0.29, 0.717) is 42.8 Å². The SMILES string of the molecule is COc1ccc(Cl)cc1S(=O)(=O)N1CCc2oc(C3CCOC3)nc2C1. The lowest BCUT2D eigenvalue weighted by Gasteiger charge is -2.25. The minimum Gasteiger partial charge on any atom is -0.495 e. The highest BCUT2D eigenvalue weighted by Gasteiger charge is 2.34. The standard InChI is InChI=1S/C17H19ClN2O5S/c1-23-15-3-2-12(18)8-16(15)26(21,22)20-6-4-14-13(9-20)19-17(25-14)11-5-7-24-10-11/h2-3,8,11H,4-7,9-10H2,1H3. The van der Waals surface area contributed by atoms with Crippen LogP contribution in [0.1, 0.15) is 29.7 Å². The van der Waals surface area contributed by atoms with Gasteiger partial charge in [-0.3, -0.25) is 0 Å². The molecule has 2 aliphatic rings. The Morgan fingerprint density at radius 3 is 2.96 bits per heavy atom. The van der Waals surface area contributed by atoms with Crippen molar-refractivity contribution < 1.29 is 22.3 Å². The molecule has 0 bridgehead atoms. The molecular weight excluding hydrogens is 380 g/mol. The van der Waals surface area contributed by atoms with Crippen molar-refractivity contribution >= 4 is 21.6 Å². The molecule has 0 saturated carbocycles. The fourth-order valence-electron chi connectivity index (χ4n) is 3.29. The molecule has 4 rings (SSSR count). The lowest BCUT2D eigenvalue weighted by atomic mass is 10.1. The second kappa shape index (κ2) is 6.84. The Hall–Kier alpha value is -1.61. The van der Waals surface area contributed by atoms with Gasteiger partial charge in [-0.05, 0) is 24.6 Å². The number of nitrogens with zero attached hydrogens (tertiary/aromatic N) is 2. The van der Waals surface area contributed by atoms with Crippen LogP contribution in [0.25, 0.3) is 0 Å². The molecule has 1 atom stereocenters. The number of fused-ring (bicyclic) bond motifs is 1. The Morgan fingerprint density at radius 1 is 1.38 bits per heavy atom. The Balaban J connectivity index is 1.63. The van der Waals surface area contributed by atoms with Gasteiger partial charge in [0.05, 0.1) is 31.9 Å². The van der Waals surface area contributed by atoms with Gasteiger partial charge in [0.1, 0.15) is 16.4 Å². The van der Waals surface area contributed by atoms with E-state index in [4.69, 9.17) is 25.5 Å². The van der Waals surface area contributed by atoms with Crippen LogP contribution in [0.4, 0.5) is 0 Å². The van der Waals surface area contributed by atoms with E-state index < -0.39 is 10.0 Å². The first-order valence-corrected chi connectivity index (χ1v) is 10.2. The first kappa shape index (κ1) is 17.8. The third kappa shape index (κ3) is 3.11. The van der Waals surface area contributed by atoms with Gasteiger partial charge in [-0.15, -0.1) is 0 Å². The van der Waals surface area contributed by atoms with Gasteiger partial charge in [-0.1, -0.05) is 11.6 Å². The molecule has 9 heteroatoms. The van der Waals surface area contributed by atoms with Crippen molar-refractivity contribution in [1.82, 2.24) is 9.29 Å². The fraction of sp³-hybridized carbons (Fsp3) is 0.471. The van der Waals surface area contributed by atoms with Crippen LogP contribution >= 0.6 is 11.6 Å². The van der Waals surface area contributed by atoms with Gasteiger partial charge < -0.3 is 13.9 Å². The molecule has 1 aromatic heterocycles. The number of rotatable bonds is 4. The highest BCUT2D eigenvalue weighted by Crippen LogP contribution is 2.34. The summed E-state index contributed by atoms with van der Waals surface area (Å²) in [6.45, 7) is 1.79. The van der Waals surface area contributed by atoms with E-state index in [0.717, 1.165) is 12.2 Å². The zero-order chi connectivity index (χ0) is 18.3. The maximum Gasteiger partial charge on any atom is 0.247 e. The van der Waals surface area contributed by atoms with Gasteiger partial charge in [-0.25, -0.2) is 13.4 Å². The van der Waals surface area contributed by atoms with Gasteiger partial charge in [0.2, 0.25) is 10.0 Å². The molecule has 1 unspecified atom stereocenters. The average Bonchev–Trinajstić information content (AvgIpc) is 3.30. The molecule has 2 aliphatic heterocycles. The summed E-state index contributed by atoms with van der Waals surface area (Å²) >= 11 is 6.00. The van der Waals surface area contributed by atoms with E-state index in [1.165, 1.54) is 17.5 Å². The monoisotopic (exact) mass is 398 g/mol. The quantitative estimate of drug-likeness (QED) is 0.787. The number of benzene rings is 1. The van der Waals surface area contributed by atoms with Gasteiger partial charge in [0, 0.05) is 24.6 Å². The Bertz CT molecular complexity index is 921. The van der Waals surface area contributed by atoms with Crippen LogP contribution < -0.4 is 4.74 Å². The van der Waals surface area contributed by atoms with Crippen LogP contribution in [0.2, 0.25) is 5.02 Å². The highest BCUT2D eigenvalue weighted by atomic mass is 35.5. The first-order valence-electron chi connectivity index (χ1n) is 8.39. The van der Waals surface area contributed by atoms with Crippen molar-refractivity contribution in [3.63, 3.8) is 0 Å². The Labute approximate surface area is 156 Å². The number of oxazole rings is 1. The average molecular weight is 399 g/mol. The minimum atomic E-state index is -3.76. The van der Waals surface area contributed by atoms with E-state index in [2.05, 4.69) is 4.98 Å². The summed E-state index contributed by atoms with van der Waals surface area (Å²) in [6.07, 6.45) is 1.36. The Kier molecular flexibility index (Phi) is 4.68. The molecule has 2 aromatic rings. The minimum absolute atomic E-state index is 0.0591. The molecular formula is C17H19ClN2O5S. The summed E-state index contributed by atoms with van der Waals surface area (Å²) in [4.78, 5) is 4.60. The van der Waals surface area contributed by atoms with Crippen molar-refractivity contribution in [3.05, 3.63) is 40.6 Å². The van der Waals surface area contributed by atoms with Gasteiger partial charge in [0.15, 0.2) is 5.89 Å². The van der Waals surface area contributed by atoms with Gasteiger partial charge in [-0.2, -0.15) is 4.31 Å². The molecule has 0 radical (unpaired) electrons. The zero-order valence-corrected chi connectivity index (χ0v) is 15.8. The number of sulfonamides is 1. The van der Waals surface area contributed by atoms with Crippen molar-refractivity contribution in [2.24, 2.45) is 0 Å². The number of halogens is 1. The van der Waals surface area contributed by atoms with E-state index in [-0.39, 0.29) is 23.1 Å². The molecule has 140 valence electrons. The van der Waals surface area contributed by atoms with Crippen LogP contribution in [0, 0.1) is 0 Å². The van der Waals surface area contributed by atoms with Crippen LogP contribution in [-0.2, 0) is 27.7 Å². The summed E-state index contributed by atoms with van der Waals surface area (Å²) in [5, 5.41) is 0.340. The molecule has 1 aromatic carbocycles. The largest absolute Gasteiger partial charge is 0.495 e. The van der Waals surface area contributed by atoms with Crippen LogP contribution in [0.5, 0.6) is 5.75 Å². The highest BCUT2D eigenvalue weighted by molar-refractivity contribution is 7.89. The molecule has 3 heterocycles. The lowest BCUT2D eigenvalue weighted by Crippen LogP contribution is -2.36. The number of aromatic nitrogens is 1. The molecule has 1 saturated heterocycles. The van der Waals surface area contributed by atoms with Crippen molar-refractivity contribution in [3.8, 4) is 5.75 Å². The maximum atomic E-state index is 13.1. The second-order valence-corrected chi connectivity index (χ2v) is 8.71. The molecule has 0 amide bonds. The second-order valence-electron chi connectivity index (χ2n) is 6.37. The predicted octanol–water partition coefficient (Wildman–Crippen LogP) is 2.59.